The Morgan fingerprint density at radius 2 is 1.88 bits per heavy atom. The van der Waals surface area contributed by atoms with E-state index >= 15 is 0 Å². The minimum absolute atomic E-state index is 0.0142. The highest BCUT2D eigenvalue weighted by Gasteiger charge is 2.79. The average Bonchev–Trinajstić information content (AvgIpc) is 3.28. The molecule has 5 fully saturated rings. The zero-order valence-corrected chi connectivity index (χ0v) is 20.1. The summed E-state index contributed by atoms with van der Waals surface area (Å²) in [5.74, 6) is 0.283. The molecular weight excluding hydrogens is 434 g/mol. The number of amides is 2. The third-order valence-electron chi connectivity index (χ3n) is 10.3. The fourth-order valence-electron chi connectivity index (χ4n) is 8.78. The molecule has 7 aliphatic rings. The van der Waals surface area contributed by atoms with Crippen LogP contribution in [0.4, 0.5) is 5.69 Å². The maximum atomic E-state index is 14.0. The van der Waals surface area contributed by atoms with Crippen LogP contribution in [0.3, 0.4) is 0 Å². The second-order valence-electron chi connectivity index (χ2n) is 12.6. The lowest BCUT2D eigenvalue weighted by Crippen LogP contribution is -2.80. The predicted molar refractivity (Wildman–Crippen MR) is 123 cm³/mol. The van der Waals surface area contributed by atoms with Gasteiger partial charge in [-0.1, -0.05) is 19.9 Å². The third-order valence-corrected chi connectivity index (χ3v) is 10.3. The highest BCUT2D eigenvalue weighted by atomic mass is 16.5. The number of aliphatic hydroxyl groups excluding tert-OH is 1. The van der Waals surface area contributed by atoms with Crippen molar-refractivity contribution in [3.05, 3.63) is 23.3 Å². The Labute approximate surface area is 198 Å². The fraction of sp³-hybridized carbons (Fsp3) is 0.654. The molecule has 8 heteroatoms. The molecule has 5 atom stereocenters. The van der Waals surface area contributed by atoms with E-state index in [2.05, 4.69) is 29.4 Å². The second kappa shape index (κ2) is 5.68. The van der Waals surface area contributed by atoms with Crippen molar-refractivity contribution in [3.63, 3.8) is 0 Å². The zero-order chi connectivity index (χ0) is 24.1. The molecule has 0 aromatic heterocycles. The molecule has 6 heterocycles. The number of hydrogen-bond acceptors (Lipinski definition) is 6. The maximum absolute atomic E-state index is 14.0. The maximum Gasteiger partial charge on any atom is 0.243 e. The molecule has 2 bridgehead atoms. The summed E-state index contributed by atoms with van der Waals surface area (Å²) in [7, 11) is 0. The van der Waals surface area contributed by atoms with Gasteiger partial charge in [0.2, 0.25) is 11.8 Å². The summed E-state index contributed by atoms with van der Waals surface area (Å²) in [4.78, 5) is 42.7. The van der Waals surface area contributed by atoms with Crippen LogP contribution in [0.15, 0.2) is 12.1 Å². The number of fused-ring (bicyclic) bond motifs is 5. The molecule has 8 nitrogen and oxygen atoms in total. The standard InChI is InChI=1S/C26H31N3O5/c1-22(2)9-14(30)18-15(34-22)6-5-13-19(18)27-20(32)25(13)11-24-12-29-8-7-17(31)26(29,21(33)28-24)10-16(24)23(25,3)4/h5-6,16-17,31H,7-12H2,1-4H3,(H,27,32)(H,28,33)/t16-,17-,24-,25+,26-/m1/s1. The van der Waals surface area contributed by atoms with Crippen molar-refractivity contribution >= 4 is 23.3 Å². The van der Waals surface area contributed by atoms with Crippen molar-refractivity contribution in [1.29, 1.82) is 0 Å². The first-order chi connectivity index (χ1) is 15.9. The molecule has 6 aliphatic heterocycles. The summed E-state index contributed by atoms with van der Waals surface area (Å²) < 4.78 is 6.11. The third kappa shape index (κ3) is 2.01. The number of hydrogen-bond donors (Lipinski definition) is 3. The molecule has 1 aromatic carbocycles. The van der Waals surface area contributed by atoms with Crippen molar-refractivity contribution in [3.8, 4) is 5.75 Å². The van der Waals surface area contributed by atoms with Gasteiger partial charge in [0.05, 0.1) is 34.7 Å². The second-order valence-corrected chi connectivity index (χ2v) is 12.6. The first-order valence-corrected chi connectivity index (χ1v) is 12.3. The van der Waals surface area contributed by atoms with Gasteiger partial charge in [0.25, 0.3) is 0 Å². The van der Waals surface area contributed by atoms with Gasteiger partial charge in [-0.2, -0.15) is 0 Å². The normalized spacial score (nSPS) is 42.6. The van der Waals surface area contributed by atoms with E-state index in [1.54, 1.807) is 0 Å². The van der Waals surface area contributed by atoms with Gasteiger partial charge in [-0.05, 0) is 56.1 Å². The number of ketones is 1. The molecule has 1 saturated carbocycles. The quantitative estimate of drug-likeness (QED) is 0.539. The molecule has 34 heavy (non-hydrogen) atoms. The van der Waals surface area contributed by atoms with Crippen LogP contribution in [0.5, 0.6) is 5.75 Å². The van der Waals surface area contributed by atoms with E-state index in [0.717, 1.165) is 5.56 Å². The Morgan fingerprint density at radius 1 is 1.12 bits per heavy atom. The van der Waals surface area contributed by atoms with Gasteiger partial charge in [-0.15, -0.1) is 0 Å². The van der Waals surface area contributed by atoms with Crippen LogP contribution in [-0.2, 0) is 15.0 Å². The van der Waals surface area contributed by atoms with E-state index in [1.165, 1.54) is 0 Å². The van der Waals surface area contributed by atoms with Crippen LogP contribution < -0.4 is 15.4 Å². The molecule has 1 aliphatic carbocycles. The summed E-state index contributed by atoms with van der Waals surface area (Å²) >= 11 is 0. The molecule has 180 valence electrons. The Hall–Kier alpha value is -2.45. The minimum Gasteiger partial charge on any atom is -0.487 e. The smallest absolute Gasteiger partial charge is 0.243 e. The number of piperidine rings is 2. The number of ether oxygens (including phenoxy) is 1. The van der Waals surface area contributed by atoms with E-state index in [1.807, 2.05) is 26.0 Å². The molecule has 3 N–H and O–H groups in total. The van der Waals surface area contributed by atoms with Gasteiger partial charge in [-0.3, -0.25) is 19.3 Å². The lowest BCUT2D eigenvalue weighted by molar-refractivity contribution is -0.165. The van der Waals surface area contributed by atoms with Crippen LogP contribution in [0.2, 0.25) is 0 Å². The molecule has 8 rings (SSSR count). The van der Waals surface area contributed by atoms with Gasteiger partial charge in [0.15, 0.2) is 5.78 Å². The van der Waals surface area contributed by atoms with Crippen molar-refractivity contribution in [2.45, 2.75) is 81.6 Å². The molecule has 3 spiro atoms. The summed E-state index contributed by atoms with van der Waals surface area (Å²) in [6.07, 6.45) is 1.16. The topological polar surface area (TPSA) is 108 Å². The molecule has 2 amide bonds. The highest BCUT2D eigenvalue weighted by Crippen LogP contribution is 2.70. The highest BCUT2D eigenvalue weighted by molar-refractivity contribution is 6.15. The SMILES string of the molecule is CC1(C)CC(=O)c2c(ccc3c2NC(=O)[C@]32C[C@@]34CN5CC[C@@H](O)[C@]5(C[C@@H]3C2(C)C)C(=O)N4)O1. The van der Waals surface area contributed by atoms with Gasteiger partial charge >= 0.3 is 0 Å². The zero-order valence-electron chi connectivity index (χ0n) is 20.1. The van der Waals surface area contributed by atoms with Crippen molar-refractivity contribution < 1.29 is 24.2 Å². The Bertz CT molecular complexity index is 1220. The lowest BCUT2D eigenvalue weighted by atomic mass is 9.57. The van der Waals surface area contributed by atoms with E-state index in [0.29, 0.717) is 49.4 Å². The number of carbonyl (C=O) groups excluding carboxylic acids is 3. The van der Waals surface area contributed by atoms with Crippen molar-refractivity contribution in [2.24, 2.45) is 11.3 Å². The Morgan fingerprint density at radius 3 is 2.65 bits per heavy atom. The molecular formula is C26H31N3O5. The van der Waals surface area contributed by atoms with Gasteiger partial charge in [0.1, 0.15) is 16.9 Å². The number of Topliss-reactive ketones (excluding diaryl/α,β-unsaturated/α-hetero) is 1. The number of benzene rings is 1. The number of nitrogens with one attached hydrogen (secondary N) is 2. The van der Waals surface area contributed by atoms with Crippen LogP contribution in [-0.4, -0.2) is 63.5 Å². The summed E-state index contributed by atoms with van der Waals surface area (Å²) in [6.45, 7) is 9.35. The molecule has 1 aromatic rings. The number of carbonyl (C=O) groups is 3. The van der Waals surface area contributed by atoms with Gasteiger partial charge in [0, 0.05) is 13.1 Å². The number of aliphatic hydroxyl groups is 1. The number of nitrogens with zero attached hydrogens (tertiary/aromatic N) is 1. The van der Waals surface area contributed by atoms with Crippen LogP contribution in [0.1, 0.15) is 69.3 Å². The minimum atomic E-state index is -0.904. The average molecular weight is 466 g/mol. The molecule has 0 unspecified atom stereocenters. The summed E-state index contributed by atoms with van der Waals surface area (Å²) in [5, 5.41) is 17.3. The van der Waals surface area contributed by atoms with Crippen LogP contribution in [0, 0.1) is 11.3 Å². The van der Waals surface area contributed by atoms with E-state index in [-0.39, 0.29) is 29.9 Å². The number of piperazine rings is 1. The molecule has 4 saturated heterocycles. The summed E-state index contributed by atoms with van der Waals surface area (Å²) in [5.41, 5.74) is -1.57. The Balaban J connectivity index is 1.41. The van der Waals surface area contributed by atoms with E-state index in [4.69, 9.17) is 4.74 Å². The largest absolute Gasteiger partial charge is 0.487 e. The monoisotopic (exact) mass is 465 g/mol. The van der Waals surface area contributed by atoms with E-state index < -0.39 is 33.6 Å². The predicted octanol–water partition coefficient (Wildman–Crippen LogP) is 1.74. The van der Waals surface area contributed by atoms with Crippen LogP contribution in [0.25, 0.3) is 0 Å². The van der Waals surface area contributed by atoms with Crippen molar-refractivity contribution in [1.82, 2.24) is 10.2 Å². The van der Waals surface area contributed by atoms with Gasteiger partial charge < -0.3 is 20.5 Å². The van der Waals surface area contributed by atoms with E-state index in [9.17, 15) is 19.5 Å². The fourth-order valence-corrected chi connectivity index (χ4v) is 8.78. The summed E-state index contributed by atoms with van der Waals surface area (Å²) in [6, 6.07) is 3.78. The first kappa shape index (κ1) is 20.9. The number of rotatable bonds is 0. The van der Waals surface area contributed by atoms with Crippen LogP contribution >= 0.6 is 0 Å². The molecule has 0 radical (unpaired) electrons. The number of anilines is 1. The Kier molecular flexibility index (Phi) is 3.49. The lowest BCUT2D eigenvalue weighted by Gasteiger charge is -2.60. The first-order valence-electron chi connectivity index (χ1n) is 12.3. The van der Waals surface area contributed by atoms with Crippen molar-refractivity contribution in [2.75, 3.05) is 18.4 Å². The van der Waals surface area contributed by atoms with Gasteiger partial charge in [-0.25, -0.2) is 0 Å².